The number of rotatable bonds is 3. The molecule has 0 spiro atoms. The normalized spacial score (nSPS) is 19.9. The van der Waals surface area contributed by atoms with Crippen molar-refractivity contribution >= 4 is 29.0 Å². The Labute approximate surface area is 163 Å². The lowest BCUT2D eigenvalue weighted by atomic mass is 9.97. The van der Waals surface area contributed by atoms with Gasteiger partial charge in [0.1, 0.15) is 5.01 Å². The zero-order valence-corrected chi connectivity index (χ0v) is 16.1. The van der Waals surface area contributed by atoms with Crippen molar-refractivity contribution in [3.8, 4) is 10.6 Å². The molecule has 0 aliphatic carbocycles. The van der Waals surface area contributed by atoms with Crippen molar-refractivity contribution in [2.24, 2.45) is 5.92 Å². The number of nitrogens with one attached hydrogen (secondary N) is 1. The van der Waals surface area contributed by atoms with Crippen LogP contribution in [-0.4, -0.2) is 52.9 Å². The molecular weight excluding hydrogens is 360 g/mol. The van der Waals surface area contributed by atoms with E-state index in [1.807, 2.05) is 39.4 Å². The number of benzene rings is 1. The first-order valence-electron chi connectivity index (χ1n) is 9.55. The largest absolute Gasteiger partial charge is 0.326 e. The van der Waals surface area contributed by atoms with Gasteiger partial charge in [-0.15, -0.1) is 11.3 Å². The third-order valence-corrected chi connectivity index (χ3v) is 6.09. The van der Waals surface area contributed by atoms with E-state index in [0.29, 0.717) is 6.54 Å². The lowest BCUT2D eigenvalue weighted by molar-refractivity contribution is -0.121. The summed E-state index contributed by atoms with van der Waals surface area (Å²) in [6.45, 7) is 2.95. The topological polar surface area (TPSA) is 65.5 Å². The lowest BCUT2D eigenvalue weighted by Crippen LogP contribution is -2.48. The van der Waals surface area contributed by atoms with E-state index in [9.17, 15) is 9.59 Å². The molecule has 2 aliphatic heterocycles. The second-order valence-corrected chi connectivity index (χ2v) is 8.06. The zero-order valence-electron chi connectivity index (χ0n) is 15.3. The Balaban J connectivity index is 1.35. The van der Waals surface area contributed by atoms with E-state index in [0.717, 1.165) is 61.6 Å². The second-order valence-electron chi connectivity index (χ2n) is 7.17. The summed E-state index contributed by atoms with van der Waals surface area (Å²) in [6, 6.07) is 7.85. The molecular formula is C20H24N4O2S. The summed E-state index contributed by atoms with van der Waals surface area (Å²) in [5.41, 5.74) is 1.83. The van der Waals surface area contributed by atoms with Gasteiger partial charge in [0.05, 0.1) is 5.92 Å². The molecule has 27 heavy (non-hydrogen) atoms. The van der Waals surface area contributed by atoms with E-state index in [1.165, 1.54) is 0 Å². The minimum atomic E-state index is -0.149. The number of nitrogens with zero attached hydrogens (tertiary/aromatic N) is 3. The van der Waals surface area contributed by atoms with Gasteiger partial charge in [0.15, 0.2) is 0 Å². The zero-order chi connectivity index (χ0) is 18.6. The van der Waals surface area contributed by atoms with Crippen molar-refractivity contribution in [2.45, 2.75) is 25.7 Å². The van der Waals surface area contributed by atoms with Crippen LogP contribution in [0.1, 0.15) is 25.7 Å². The highest BCUT2D eigenvalue weighted by Gasteiger charge is 2.31. The highest BCUT2D eigenvalue weighted by Crippen LogP contribution is 2.25. The molecule has 1 aromatic carbocycles. The smallest absolute Gasteiger partial charge is 0.320 e. The van der Waals surface area contributed by atoms with Gasteiger partial charge in [0.25, 0.3) is 0 Å². The van der Waals surface area contributed by atoms with Crippen LogP contribution < -0.4 is 5.32 Å². The van der Waals surface area contributed by atoms with Gasteiger partial charge in [-0.2, -0.15) is 0 Å². The highest BCUT2D eigenvalue weighted by molar-refractivity contribution is 7.13. The van der Waals surface area contributed by atoms with Crippen LogP contribution in [0.4, 0.5) is 10.5 Å². The van der Waals surface area contributed by atoms with Gasteiger partial charge in [-0.25, -0.2) is 9.78 Å². The third-order valence-electron chi connectivity index (χ3n) is 5.27. The number of urea groups is 1. The second kappa shape index (κ2) is 8.08. The molecule has 4 rings (SSSR count). The average molecular weight is 385 g/mol. The first kappa shape index (κ1) is 18.0. The van der Waals surface area contributed by atoms with Crippen molar-refractivity contribution in [3.05, 3.63) is 35.8 Å². The molecule has 2 fully saturated rings. The summed E-state index contributed by atoms with van der Waals surface area (Å²) >= 11 is 1.59. The molecule has 0 saturated carbocycles. The van der Waals surface area contributed by atoms with Gasteiger partial charge in [-0.3, -0.25) is 4.79 Å². The number of thiazole rings is 1. The monoisotopic (exact) mass is 384 g/mol. The summed E-state index contributed by atoms with van der Waals surface area (Å²) in [7, 11) is 0. The number of carbonyl (C=O) groups is 2. The molecule has 3 heterocycles. The number of amides is 3. The fourth-order valence-corrected chi connectivity index (χ4v) is 4.42. The molecule has 2 saturated heterocycles. The molecule has 1 atom stereocenters. The summed E-state index contributed by atoms with van der Waals surface area (Å²) in [4.78, 5) is 33.4. The number of hydrogen-bond donors (Lipinski definition) is 1. The van der Waals surface area contributed by atoms with Crippen molar-refractivity contribution in [2.75, 3.05) is 31.5 Å². The maximum absolute atomic E-state index is 12.7. The maximum atomic E-state index is 12.7. The first-order valence-corrected chi connectivity index (χ1v) is 10.4. The Morgan fingerprint density at radius 2 is 1.78 bits per heavy atom. The predicted molar refractivity (Wildman–Crippen MR) is 107 cm³/mol. The molecule has 6 nitrogen and oxygen atoms in total. The molecule has 0 unspecified atom stereocenters. The number of piperidine rings is 1. The fourth-order valence-electron chi connectivity index (χ4n) is 3.78. The van der Waals surface area contributed by atoms with E-state index in [2.05, 4.69) is 10.3 Å². The fraction of sp³-hybridized carbons (Fsp3) is 0.450. The van der Waals surface area contributed by atoms with Gasteiger partial charge in [-0.05, 0) is 49.9 Å². The summed E-state index contributed by atoms with van der Waals surface area (Å²) in [6.07, 6.45) is 5.66. The summed E-state index contributed by atoms with van der Waals surface area (Å²) < 4.78 is 0. The summed E-state index contributed by atoms with van der Waals surface area (Å²) in [5.74, 6) is -0.153. The number of carbonyl (C=O) groups excluding carboxylic acids is 2. The van der Waals surface area contributed by atoms with Gasteiger partial charge >= 0.3 is 6.03 Å². The Hall–Kier alpha value is -2.41. The Kier molecular flexibility index (Phi) is 5.38. The van der Waals surface area contributed by atoms with E-state index in [1.54, 1.807) is 17.5 Å². The first-order chi connectivity index (χ1) is 13.2. The molecule has 1 aromatic heterocycles. The van der Waals surface area contributed by atoms with Crippen LogP contribution >= 0.6 is 11.3 Å². The standard InChI is InChI=1S/C20H24N4O2S/c25-18(22-17-7-5-15(6-8-17)19-21-9-13-27-19)16-4-3-12-24(14-16)20(26)23-10-1-2-11-23/h5-9,13,16H,1-4,10-12,14H2,(H,22,25)/t16-/m1/s1. The van der Waals surface area contributed by atoms with Gasteiger partial charge in [0, 0.05) is 49.0 Å². The molecule has 0 bridgehead atoms. The highest BCUT2D eigenvalue weighted by atomic mass is 32.1. The van der Waals surface area contributed by atoms with Crippen LogP contribution in [0.5, 0.6) is 0 Å². The van der Waals surface area contributed by atoms with Crippen LogP contribution in [0.15, 0.2) is 35.8 Å². The Bertz CT molecular complexity index is 785. The third kappa shape index (κ3) is 4.13. The van der Waals surface area contributed by atoms with E-state index in [4.69, 9.17) is 0 Å². The van der Waals surface area contributed by atoms with Crippen LogP contribution in [0.2, 0.25) is 0 Å². The molecule has 0 radical (unpaired) electrons. The Morgan fingerprint density at radius 1 is 1.04 bits per heavy atom. The Morgan fingerprint density at radius 3 is 2.48 bits per heavy atom. The number of likely N-dealkylation sites (tertiary alicyclic amines) is 2. The lowest BCUT2D eigenvalue weighted by Gasteiger charge is -2.34. The van der Waals surface area contributed by atoms with Gasteiger partial charge in [0.2, 0.25) is 5.91 Å². The van der Waals surface area contributed by atoms with Crippen molar-refractivity contribution in [3.63, 3.8) is 0 Å². The van der Waals surface area contributed by atoms with Gasteiger partial charge < -0.3 is 15.1 Å². The molecule has 7 heteroatoms. The van der Waals surface area contributed by atoms with E-state index in [-0.39, 0.29) is 17.9 Å². The SMILES string of the molecule is O=C(Nc1ccc(-c2nccs2)cc1)[C@@H]1CCCN(C(=O)N2CCCC2)C1. The molecule has 2 aliphatic rings. The average Bonchev–Trinajstić information content (AvgIpc) is 3.42. The summed E-state index contributed by atoms with van der Waals surface area (Å²) in [5, 5.41) is 5.92. The minimum Gasteiger partial charge on any atom is -0.326 e. The predicted octanol–water partition coefficient (Wildman–Crippen LogP) is 3.68. The van der Waals surface area contributed by atoms with E-state index < -0.39 is 0 Å². The molecule has 2 aromatic rings. The number of hydrogen-bond acceptors (Lipinski definition) is 4. The van der Waals surface area contributed by atoms with Crippen LogP contribution in [0.25, 0.3) is 10.6 Å². The molecule has 3 amide bonds. The van der Waals surface area contributed by atoms with E-state index >= 15 is 0 Å². The molecule has 1 N–H and O–H groups in total. The van der Waals surface area contributed by atoms with Crippen LogP contribution in [0.3, 0.4) is 0 Å². The van der Waals surface area contributed by atoms with Crippen LogP contribution in [0, 0.1) is 5.92 Å². The van der Waals surface area contributed by atoms with Gasteiger partial charge in [-0.1, -0.05) is 0 Å². The number of aromatic nitrogens is 1. The quantitative estimate of drug-likeness (QED) is 0.878. The maximum Gasteiger partial charge on any atom is 0.320 e. The van der Waals surface area contributed by atoms with Crippen LogP contribution in [-0.2, 0) is 4.79 Å². The molecule has 142 valence electrons. The van der Waals surface area contributed by atoms with Crippen molar-refractivity contribution in [1.82, 2.24) is 14.8 Å². The number of anilines is 1. The minimum absolute atomic E-state index is 0.00378. The van der Waals surface area contributed by atoms with Crippen molar-refractivity contribution in [1.29, 1.82) is 0 Å². The van der Waals surface area contributed by atoms with Crippen molar-refractivity contribution < 1.29 is 9.59 Å².